The van der Waals surface area contributed by atoms with E-state index < -0.39 is 0 Å². The molecule has 0 spiro atoms. The highest BCUT2D eigenvalue weighted by Gasteiger charge is 2.35. The number of carbonyl (C=O) groups is 1. The van der Waals surface area contributed by atoms with Gasteiger partial charge >= 0.3 is 0 Å². The highest BCUT2D eigenvalue weighted by atomic mass is 16.5. The number of fused-ring (bicyclic) bond motifs is 1. The number of aryl methyl sites for hydroxylation is 4. The van der Waals surface area contributed by atoms with Crippen LogP contribution in [0.2, 0.25) is 0 Å². The molecule has 1 aliphatic heterocycles. The standard InChI is InChI=1S/C29H31N3O2/c1-19-13-20(2)15-24(14-19)32-18-23(17-28(32)33)29-30-26-7-5-6-8-27(26)31(29)11-12-34-25-10-9-21(3)22(4)16-25/h5-10,13-16,23H,11-12,17-18H2,1-4H3. The lowest BCUT2D eigenvalue weighted by Gasteiger charge is -2.19. The van der Waals surface area contributed by atoms with Crippen molar-refractivity contribution in [3.8, 4) is 5.75 Å². The molecule has 1 aromatic heterocycles. The number of hydrogen-bond donors (Lipinski definition) is 0. The molecule has 1 atom stereocenters. The van der Waals surface area contributed by atoms with Gasteiger partial charge in [0.1, 0.15) is 18.2 Å². The summed E-state index contributed by atoms with van der Waals surface area (Å²) in [4.78, 5) is 19.9. The summed E-state index contributed by atoms with van der Waals surface area (Å²) in [6, 6.07) is 20.7. The molecule has 1 unspecified atom stereocenters. The minimum absolute atomic E-state index is 0.0438. The van der Waals surface area contributed by atoms with E-state index in [1.165, 1.54) is 22.3 Å². The summed E-state index contributed by atoms with van der Waals surface area (Å²) < 4.78 is 8.33. The first-order chi connectivity index (χ1) is 16.4. The summed E-state index contributed by atoms with van der Waals surface area (Å²) in [5, 5.41) is 0. The highest BCUT2D eigenvalue weighted by Crippen LogP contribution is 2.34. The molecule has 5 heteroatoms. The van der Waals surface area contributed by atoms with Gasteiger partial charge in [0.05, 0.1) is 17.6 Å². The van der Waals surface area contributed by atoms with Gasteiger partial charge in [0, 0.05) is 24.6 Å². The van der Waals surface area contributed by atoms with E-state index in [9.17, 15) is 4.79 Å². The predicted molar refractivity (Wildman–Crippen MR) is 137 cm³/mol. The van der Waals surface area contributed by atoms with Crippen molar-refractivity contribution in [2.24, 2.45) is 0 Å². The number of amides is 1. The molecule has 0 aliphatic carbocycles. The van der Waals surface area contributed by atoms with Gasteiger partial charge in [-0.1, -0.05) is 24.3 Å². The number of carbonyl (C=O) groups excluding carboxylic acids is 1. The third kappa shape index (κ3) is 4.30. The number of nitrogens with zero attached hydrogens (tertiary/aromatic N) is 3. The van der Waals surface area contributed by atoms with Crippen molar-refractivity contribution in [1.29, 1.82) is 0 Å². The van der Waals surface area contributed by atoms with Crippen LogP contribution in [-0.2, 0) is 11.3 Å². The molecule has 5 nitrogen and oxygen atoms in total. The van der Waals surface area contributed by atoms with E-state index in [-0.39, 0.29) is 11.8 Å². The summed E-state index contributed by atoms with van der Waals surface area (Å²) in [5.41, 5.74) is 7.84. The molecule has 0 saturated carbocycles. The molecule has 3 aromatic carbocycles. The minimum atomic E-state index is 0.0438. The van der Waals surface area contributed by atoms with Crippen LogP contribution in [0.15, 0.2) is 60.7 Å². The predicted octanol–water partition coefficient (Wildman–Crippen LogP) is 5.87. The number of imidazole rings is 1. The van der Waals surface area contributed by atoms with Crippen molar-refractivity contribution >= 4 is 22.6 Å². The van der Waals surface area contributed by atoms with Crippen molar-refractivity contribution in [1.82, 2.24) is 9.55 Å². The van der Waals surface area contributed by atoms with Crippen LogP contribution < -0.4 is 9.64 Å². The minimum Gasteiger partial charge on any atom is -0.492 e. The van der Waals surface area contributed by atoms with Gasteiger partial charge < -0.3 is 14.2 Å². The van der Waals surface area contributed by atoms with Gasteiger partial charge in [-0.05, 0) is 86.3 Å². The Kier molecular flexibility index (Phi) is 5.86. The van der Waals surface area contributed by atoms with Crippen LogP contribution in [0.4, 0.5) is 5.69 Å². The summed E-state index contributed by atoms with van der Waals surface area (Å²) in [6.07, 6.45) is 0.467. The SMILES string of the molecule is Cc1cc(C)cc(N2CC(c3nc4ccccc4n3CCOc3ccc(C)c(C)c3)CC2=O)c1. The maximum Gasteiger partial charge on any atom is 0.227 e. The summed E-state index contributed by atoms with van der Waals surface area (Å²) in [5.74, 6) is 2.04. The number of rotatable bonds is 6. The van der Waals surface area contributed by atoms with Crippen LogP contribution in [-0.4, -0.2) is 28.6 Å². The Labute approximate surface area is 201 Å². The Morgan fingerprint density at radius 2 is 1.71 bits per heavy atom. The average Bonchev–Trinajstić information content (AvgIpc) is 3.36. The number of anilines is 1. The molecule has 1 saturated heterocycles. The zero-order chi connectivity index (χ0) is 23.8. The maximum atomic E-state index is 13.0. The monoisotopic (exact) mass is 453 g/mol. The Morgan fingerprint density at radius 3 is 2.47 bits per heavy atom. The second kappa shape index (κ2) is 8.98. The molecule has 0 N–H and O–H groups in total. The Morgan fingerprint density at radius 1 is 0.941 bits per heavy atom. The number of hydrogen-bond acceptors (Lipinski definition) is 3. The smallest absolute Gasteiger partial charge is 0.227 e. The van der Waals surface area contributed by atoms with Crippen LogP contribution in [0.1, 0.15) is 40.4 Å². The zero-order valence-electron chi connectivity index (χ0n) is 20.3. The Bertz CT molecular complexity index is 1350. The van der Waals surface area contributed by atoms with Gasteiger partial charge in [0.2, 0.25) is 5.91 Å². The lowest BCUT2D eigenvalue weighted by Crippen LogP contribution is -2.25. The summed E-state index contributed by atoms with van der Waals surface area (Å²) in [7, 11) is 0. The molecule has 1 aliphatic rings. The normalized spacial score (nSPS) is 15.9. The van der Waals surface area contributed by atoms with Crippen LogP contribution in [0, 0.1) is 27.7 Å². The molecule has 0 radical (unpaired) electrons. The van der Waals surface area contributed by atoms with Gasteiger partial charge in [0.25, 0.3) is 0 Å². The topological polar surface area (TPSA) is 47.4 Å². The number of para-hydroxylation sites is 2. The molecule has 0 bridgehead atoms. The summed E-state index contributed by atoms with van der Waals surface area (Å²) >= 11 is 0. The van der Waals surface area contributed by atoms with Crippen LogP contribution in [0.25, 0.3) is 11.0 Å². The number of benzene rings is 3. The highest BCUT2D eigenvalue weighted by molar-refractivity contribution is 5.96. The van der Waals surface area contributed by atoms with E-state index in [4.69, 9.17) is 9.72 Å². The lowest BCUT2D eigenvalue weighted by atomic mass is 10.1. The second-order valence-corrected chi connectivity index (χ2v) is 9.46. The van der Waals surface area contributed by atoms with Crippen LogP contribution in [0.3, 0.4) is 0 Å². The third-order valence-corrected chi connectivity index (χ3v) is 6.75. The third-order valence-electron chi connectivity index (χ3n) is 6.75. The van der Waals surface area contributed by atoms with E-state index in [1.54, 1.807) is 0 Å². The second-order valence-electron chi connectivity index (χ2n) is 9.46. The fourth-order valence-electron chi connectivity index (χ4n) is 4.94. The van der Waals surface area contributed by atoms with E-state index in [2.05, 4.69) is 68.7 Å². The number of aromatic nitrogens is 2. The van der Waals surface area contributed by atoms with E-state index in [0.29, 0.717) is 26.1 Å². The van der Waals surface area contributed by atoms with Crippen molar-refractivity contribution < 1.29 is 9.53 Å². The van der Waals surface area contributed by atoms with Gasteiger partial charge in [-0.3, -0.25) is 4.79 Å². The first-order valence-electron chi connectivity index (χ1n) is 11.9. The van der Waals surface area contributed by atoms with Crippen LogP contribution >= 0.6 is 0 Å². The van der Waals surface area contributed by atoms with E-state index in [0.717, 1.165) is 28.3 Å². The fraction of sp³-hybridized carbons (Fsp3) is 0.310. The fourth-order valence-corrected chi connectivity index (χ4v) is 4.94. The van der Waals surface area contributed by atoms with Crippen molar-refractivity contribution in [3.63, 3.8) is 0 Å². The van der Waals surface area contributed by atoms with Gasteiger partial charge in [-0.25, -0.2) is 4.98 Å². The Balaban J connectivity index is 1.40. The van der Waals surface area contributed by atoms with Crippen molar-refractivity contribution in [2.75, 3.05) is 18.1 Å². The molecule has 174 valence electrons. The molecule has 1 fully saturated rings. The van der Waals surface area contributed by atoms with Gasteiger partial charge in [-0.2, -0.15) is 0 Å². The maximum absolute atomic E-state index is 13.0. The van der Waals surface area contributed by atoms with Crippen LogP contribution in [0.5, 0.6) is 5.75 Å². The quantitative estimate of drug-likeness (QED) is 0.367. The van der Waals surface area contributed by atoms with Crippen molar-refractivity contribution in [3.05, 3.63) is 88.7 Å². The first-order valence-corrected chi connectivity index (χ1v) is 11.9. The van der Waals surface area contributed by atoms with Gasteiger partial charge in [-0.15, -0.1) is 0 Å². The molecule has 2 heterocycles. The lowest BCUT2D eigenvalue weighted by molar-refractivity contribution is -0.117. The molecule has 5 rings (SSSR count). The Hall–Kier alpha value is -3.60. The number of ether oxygens (including phenoxy) is 1. The van der Waals surface area contributed by atoms with E-state index >= 15 is 0 Å². The first kappa shape index (κ1) is 22.2. The zero-order valence-corrected chi connectivity index (χ0v) is 20.3. The van der Waals surface area contributed by atoms with Gasteiger partial charge in [0.15, 0.2) is 0 Å². The molecule has 1 amide bonds. The molecule has 4 aromatic rings. The molecular weight excluding hydrogens is 422 g/mol. The summed E-state index contributed by atoms with van der Waals surface area (Å²) in [6.45, 7) is 10.2. The van der Waals surface area contributed by atoms with Crippen molar-refractivity contribution in [2.45, 2.75) is 46.6 Å². The van der Waals surface area contributed by atoms with E-state index in [1.807, 2.05) is 29.2 Å². The average molecular weight is 454 g/mol. The molecular formula is C29H31N3O2. The largest absolute Gasteiger partial charge is 0.492 e. The molecule has 34 heavy (non-hydrogen) atoms.